The standard InChI is InChI=1S/C24H28N2O4S/c1-4-26(18(2)17-31(3,28)29)22(27)16-15-21-25-23(19-11-7-5-8-12-19)24(30-21)20-13-9-6-10-14-20/h5-14,18H,4,15-17H2,1-3H3. The molecule has 31 heavy (non-hydrogen) atoms. The van der Waals surface area contributed by atoms with Crippen LogP contribution in [-0.2, 0) is 21.1 Å². The van der Waals surface area contributed by atoms with Gasteiger partial charge in [-0.1, -0.05) is 60.7 Å². The molecule has 0 bridgehead atoms. The van der Waals surface area contributed by atoms with Gasteiger partial charge < -0.3 is 9.32 Å². The lowest BCUT2D eigenvalue weighted by Gasteiger charge is -2.27. The Labute approximate surface area is 183 Å². The molecule has 1 heterocycles. The summed E-state index contributed by atoms with van der Waals surface area (Å²) < 4.78 is 29.3. The van der Waals surface area contributed by atoms with Crippen LogP contribution in [0.25, 0.3) is 22.6 Å². The van der Waals surface area contributed by atoms with Crippen LogP contribution >= 0.6 is 0 Å². The van der Waals surface area contributed by atoms with Crippen LogP contribution in [0.3, 0.4) is 0 Å². The Balaban J connectivity index is 1.80. The van der Waals surface area contributed by atoms with Crippen molar-refractivity contribution in [2.45, 2.75) is 32.7 Å². The lowest BCUT2D eigenvalue weighted by atomic mass is 10.1. The zero-order chi connectivity index (χ0) is 22.4. The number of aryl methyl sites for hydroxylation is 1. The van der Waals surface area contributed by atoms with E-state index in [0.717, 1.165) is 16.8 Å². The molecule has 0 fully saturated rings. The number of carbonyl (C=O) groups excluding carboxylic acids is 1. The maximum atomic E-state index is 12.8. The van der Waals surface area contributed by atoms with Crippen LogP contribution in [0.1, 0.15) is 26.2 Å². The van der Waals surface area contributed by atoms with Crippen LogP contribution in [0.5, 0.6) is 0 Å². The van der Waals surface area contributed by atoms with Gasteiger partial charge in [0.25, 0.3) is 0 Å². The van der Waals surface area contributed by atoms with Crippen LogP contribution < -0.4 is 0 Å². The van der Waals surface area contributed by atoms with Gasteiger partial charge in [0.2, 0.25) is 5.91 Å². The Morgan fingerprint density at radius 1 is 1.03 bits per heavy atom. The molecule has 1 amide bonds. The van der Waals surface area contributed by atoms with Crippen molar-refractivity contribution >= 4 is 15.7 Å². The van der Waals surface area contributed by atoms with Gasteiger partial charge in [-0.25, -0.2) is 13.4 Å². The fraction of sp³-hybridized carbons (Fsp3) is 0.333. The molecule has 3 rings (SSSR count). The molecule has 1 unspecified atom stereocenters. The average Bonchev–Trinajstić information content (AvgIpc) is 3.17. The number of oxazole rings is 1. The largest absolute Gasteiger partial charge is 0.440 e. The smallest absolute Gasteiger partial charge is 0.223 e. The Kier molecular flexibility index (Phi) is 7.28. The number of hydrogen-bond donors (Lipinski definition) is 0. The first-order valence-electron chi connectivity index (χ1n) is 10.4. The van der Waals surface area contributed by atoms with Gasteiger partial charge in [0.05, 0.1) is 5.75 Å². The minimum Gasteiger partial charge on any atom is -0.440 e. The van der Waals surface area contributed by atoms with Crippen molar-refractivity contribution in [3.05, 3.63) is 66.6 Å². The fourth-order valence-electron chi connectivity index (χ4n) is 3.67. The van der Waals surface area contributed by atoms with Crippen molar-refractivity contribution in [2.75, 3.05) is 18.6 Å². The zero-order valence-electron chi connectivity index (χ0n) is 18.1. The topological polar surface area (TPSA) is 80.5 Å². The van der Waals surface area contributed by atoms with Gasteiger partial charge in [-0.05, 0) is 13.8 Å². The first kappa shape index (κ1) is 22.7. The molecule has 0 saturated carbocycles. The van der Waals surface area contributed by atoms with E-state index in [1.54, 1.807) is 11.8 Å². The first-order valence-corrected chi connectivity index (χ1v) is 12.4. The Bertz CT molecular complexity index is 1050. The molecule has 1 aromatic heterocycles. The summed E-state index contributed by atoms with van der Waals surface area (Å²) in [6.07, 6.45) is 1.73. The highest BCUT2D eigenvalue weighted by Gasteiger charge is 2.23. The Hall–Kier alpha value is -2.93. The summed E-state index contributed by atoms with van der Waals surface area (Å²) in [6.45, 7) is 4.06. The number of hydrogen-bond acceptors (Lipinski definition) is 5. The molecule has 3 aromatic rings. The third-order valence-corrected chi connectivity index (χ3v) is 6.13. The Morgan fingerprint density at radius 2 is 1.61 bits per heavy atom. The van der Waals surface area contributed by atoms with Crippen molar-refractivity contribution in [3.8, 4) is 22.6 Å². The van der Waals surface area contributed by atoms with E-state index in [0.29, 0.717) is 24.6 Å². The van der Waals surface area contributed by atoms with Gasteiger partial charge in [-0.15, -0.1) is 0 Å². The molecular weight excluding hydrogens is 412 g/mol. The van der Waals surface area contributed by atoms with Crippen LogP contribution in [-0.4, -0.2) is 48.8 Å². The number of benzene rings is 2. The monoisotopic (exact) mass is 440 g/mol. The first-order chi connectivity index (χ1) is 14.8. The molecule has 0 spiro atoms. The molecule has 0 saturated heterocycles. The highest BCUT2D eigenvalue weighted by molar-refractivity contribution is 7.90. The minimum atomic E-state index is -3.17. The molecule has 7 heteroatoms. The average molecular weight is 441 g/mol. The molecule has 0 aliphatic rings. The quantitative estimate of drug-likeness (QED) is 0.498. The third kappa shape index (κ3) is 6.04. The second kappa shape index (κ2) is 9.92. The lowest BCUT2D eigenvalue weighted by molar-refractivity contribution is -0.132. The van der Waals surface area contributed by atoms with E-state index in [-0.39, 0.29) is 24.1 Å². The van der Waals surface area contributed by atoms with Gasteiger partial charge in [-0.2, -0.15) is 0 Å². The third-order valence-electron chi connectivity index (χ3n) is 5.04. The molecular formula is C24H28N2O4S. The van der Waals surface area contributed by atoms with Crippen molar-refractivity contribution in [2.24, 2.45) is 0 Å². The maximum Gasteiger partial charge on any atom is 0.223 e. The van der Waals surface area contributed by atoms with E-state index < -0.39 is 9.84 Å². The van der Waals surface area contributed by atoms with E-state index in [1.807, 2.05) is 67.6 Å². The molecule has 6 nitrogen and oxygen atoms in total. The highest BCUT2D eigenvalue weighted by Crippen LogP contribution is 2.32. The zero-order valence-corrected chi connectivity index (χ0v) is 18.9. The second-order valence-electron chi connectivity index (χ2n) is 7.64. The summed E-state index contributed by atoms with van der Waals surface area (Å²) >= 11 is 0. The summed E-state index contributed by atoms with van der Waals surface area (Å²) in [4.78, 5) is 19.1. The summed E-state index contributed by atoms with van der Waals surface area (Å²) in [7, 11) is -3.17. The molecule has 0 aliphatic carbocycles. The molecule has 1 atom stereocenters. The van der Waals surface area contributed by atoms with Crippen LogP contribution in [0.4, 0.5) is 0 Å². The SMILES string of the molecule is CCN(C(=O)CCc1nc(-c2ccccc2)c(-c2ccccc2)o1)C(C)CS(C)(=O)=O. The number of rotatable bonds is 9. The Morgan fingerprint density at radius 3 is 2.16 bits per heavy atom. The molecule has 0 aliphatic heterocycles. The molecule has 0 N–H and O–H groups in total. The normalized spacial score (nSPS) is 12.5. The highest BCUT2D eigenvalue weighted by atomic mass is 32.2. The molecule has 2 aromatic carbocycles. The predicted molar refractivity (Wildman–Crippen MR) is 122 cm³/mol. The lowest BCUT2D eigenvalue weighted by Crippen LogP contribution is -2.42. The van der Waals surface area contributed by atoms with Gasteiger partial charge >= 0.3 is 0 Å². The van der Waals surface area contributed by atoms with E-state index >= 15 is 0 Å². The summed E-state index contributed by atoms with van der Waals surface area (Å²) in [5.41, 5.74) is 2.61. The summed E-state index contributed by atoms with van der Waals surface area (Å²) in [5.74, 6) is 0.992. The minimum absolute atomic E-state index is 0.0537. The van der Waals surface area contributed by atoms with Gasteiger partial charge in [0.15, 0.2) is 11.7 Å². The maximum absolute atomic E-state index is 12.8. The predicted octanol–water partition coefficient (Wildman–Crippen LogP) is 4.22. The molecule has 0 radical (unpaired) electrons. The molecule has 164 valence electrons. The number of nitrogens with zero attached hydrogens (tertiary/aromatic N) is 2. The fourth-order valence-corrected chi connectivity index (χ4v) is 4.72. The number of amides is 1. The van der Waals surface area contributed by atoms with E-state index in [1.165, 1.54) is 6.26 Å². The van der Waals surface area contributed by atoms with E-state index in [2.05, 4.69) is 4.98 Å². The summed E-state index contributed by atoms with van der Waals surface area (Å²) in [6, 6.07) is 19.2. The number of sulfone groups is 1. The van der Waals surface area contributed by atoms with Crippen molar-refractivity contribution in [1.82, 2.24) is 9.88 Å². The summed E-state index contributed by atoms with van der Waals surface area (Å²) in [5, 5.41) is 0. The second-order valence-corrected chi connectivity index (χ2v) is 9.82. The van der Waals surface area contributed by atoms with E-state index in [4.69, 9.17) is 4.42 Å². The van der Waals surface area contributed by atoms with Crippen molar-refractivity contribution < 1.29 is 17.6 Å². The van der Waals surface area contributed by atoms with E-state index in [9.17, 15) is 13.2 Å². The van der Waals surface area contributed by atoms with Crippen molar-refractivity contribution in [3.63, 3.8) is 0 Å². The van der Waals surface area contributed by atoms with Crippen molar-refractivity contribution in [1.29, 1.82) is 0 Å². The van der Waals surface area contributed by atoms with Crippen LogP contribution in [0.15, 0.2) is 65.1 Å². The van der Waals surface area contributed by atoms with Crippen LogP contribution in [0.2, 0.25) is 0 Å². The number of carbonyl (C=O) groups is 1. The van der Waals surface area contributed by atoms with Gasteiger partial charge in [-0.3, -0.25) is 4.79 Å². The van der Waals surface area contributed by atoms with Crippen LogP contribution in [0, 0.1) is 0 Å². The number of aromatic nitrogens is 1. The van der Waals surface area contributed by atoms with Gasteiger partial charge in [0, 0.05) is 42.8 Å². The van der Waals surface area contributed by atoms with Gasteiger partial charge in [0.1, 0.15) is 15.5 Å².